The zero-order valence-corrected chi connectivity index (χ0v) is 16.2. The third-order valence-corrected chi connectivity index (χ3v) is 5.82. The molecule has 1 atom stereocenters. The zero-order chi connectivity index (χ0) is 20.0. The zero-order valence-electron chi connectivity index (χ0n) is 16.2. The summed E-state index contributed by atoms with van der Waals surface area (Å²) in [6.45, 7) is 2.79. The van der Waals surface area contributed by atoms with Crippen molar-refractivity contribution in [1.29, 1.82) is 0 Å². The van der Waals surface area contributed by atoms with E-state index in [1.165, 1.54) is 11.8 Å². The van der Waals surface area contributed by atoms with Crippen molar-refractivity contribution in [1.82, 2.24) is 29.5 Å². The molecule has 9 heteroatoms. The molecule has 0 spiro atoms. The number of carbonyl (C=O) groups is 1. The van der Waals surface area contributed by atoms with E-state index >= 15 is 0 Å². The lowest BCUT2D eigenvalue weighted by molar-refractivity contribution is 0.0463. The molecular weight excluding hydrogens is 372 g/mol. The molecule has 1 N–H and O–H groups in total. The first-order valence-corrected chi connectivity index (χ1v) is 9.66. The van der Waals surface area contributed by atoms with E-state index in [0.29, 0.717) is 49.6 Å². The molecular formula is C20H22N6O3. The van der Waals surface area contributed by atoms with E-state index < -0.39 is 5.54 Å². The number of carbonyl (C=O) groups excluding carboxylic acids is 1. The van der Waals surface area contributed by atoms with Gasteiger partial charge in [-0.3, -0.25) is 19.3 Å². The van der Waals surface area contributed by atoms with Crippen LogP contribution in [0.25, 0.3) is 11.0 Å². The third-order valence-electron chi connectivity index (χ3n) is 5.82. The van der Waals surface area contributed by atoms with Gasteiger partial charge in [0.15, 0.2) is 5.65 Å². The Bertz CT molecular complexity index is 1120. The average molecular weight is 394 g/mol. The van der Waals surface area contributed by atoms with E-state index in [9.17, 15) is 9.59 Å². The number of H-pyrrole nitrogens is 1. The van der Waals surface area contributed by atoms with Gasteiger partial charge in [-0.05, 0) is 5.56 Å². The van der Waals surface area contributed by atoms with Crippen molar-refractivity contribution >= 4 is 17.1 Å². The minimum atomic E-state index is -0.409. The highest BCUT2D eigenvalue weighted by molar-refractivity contribution is 5.73. The normalized spacial score (nSPS) is 22.1. The second kappa shape index (κ2) is 6.70. The Morgan fingerprint density at radius 3 is 2.86 bits per heavy atom. The summed E-state index contributed by atoms with van der Waals surface area (Å²) in [4.78, 5) is 36.2. The van der Waals surface area contributed by atoms with Gasteiger partial charge in [0.25, 0.3) is 5.56 Å². The third kappa shape index (κ3) is 3.07. The van der Waals surface area contributed by atoms with E-state index in [2.05, 4.69) is 32.1 Å². The fourth-order valence-electron chi connectivity index (χ4n) is 4.42. The van der Waals surface area contributed by atoms with Crippen LogP contribution in [0.2, 0.25) is 0 Å². The van der Waals surface area contributed by atoms with Gasteiger partial charge < -0.3 is 9.72 Å². The summed E-state index contributed by atoms with van der Waals surface area (Å²) in [5, 5.41) is 4.60. The van der Waals surface area contributed by atoms with Crippen LogP contribution in [-0.4, -0.2) is 67.4 Å². The molecule has 4 heterocycles. The molecule has 2 aliphatic rings. The molecule has 2 saturated heterocycles. The number of benzene rings is 1. The molecule has 0 saturated carbocycles. The lowest BCUT2D eigenvalue weighted by Crippen LogP contribution is -2.62. The Labute approximate surface area is 166 Å². The second-order valence-corrected chi connectivity index (χ2v) is 7.82. The van der Waals surface area contributed by atoms with Gasteiger partial charge in [0.1, 0.15) is 17.8 Å². The van der Waals surface area contributed by atoms with Crippen molar-refractivity contribution in [3.8, 4) is 0 Å². The number of fused-ring (bicyclic) bond motifs is 2. The van der Waals surface area contributed by atoms with E-state index in [1.807, 2.05) is 23.1 Å². The van der Waals surface area contributed by atoms with Crippen molar-refractivity contribution in [2.75, 3.05) is 26.2 Å². The molecule has 150 valence electrons. The molecule has 1 unspecified atom stereocenters. The summed E-state index contributed by atoms with van der Waals surface area (Å²) in [5.41, 5.74) is 1.14. The van der Waals surface area contributed by atoms with E-state index in [-0.39, 0.29) is 11.7 Å². The number of cyclic esters (lactones) is 1. The molecule has 1 amide bonds. The van der Waals surface area contributed by atoms with Gasteiger partial charge in [-0.2, -0.15) is 5.10 Å². The quantitative estimate of drug-likeness (QED) is 0.707. The first-order valence-electron chi connectivity index (χ1n) is 9.66. The number of amides is 1. The molecule has 0 aliphatic carbocycles. The Morgan fingerprint density at radius 1 is 1.21 bits per heavy atom. The van der Waals surface area contributed by atoms with Crippen molar-refractivity contribution in [2.45, 2.75) is 18.5 Å². The standard InChI is InChI=1S/C20H22N6O3/c1-24-17-15(10-21-24)18(27)23-16(22-17)11-25-7-8-26-19(28)29-13-20(26,12-25)9-14-5-3-2-4-6-14/h2-6,10H,7-9,11-13H2,1H3,(H,22,23,27). The van der Waals surface area contributed by atoms with Gasteiger partial charge in [0.2, 0.25) is 0 Å². The van der Waals surface area contributed by atoms with Crippen LogP contribution < -0.4 is 5.56 Å². The van der Waals surface area contributed by atoms with Crippen LogP contribution in [0.4, 0.5) is 4.79 Å². The van der Waals surface area contributed by atoms with Crippen LogP contribution in [0.3, 0.4) is 0 Å². The van der Waals surface area contributed by atoms with Gasteiger partial charge >= 0.3 is 6.09 Å². The van der Waals surface area contributed by atoms with E-state index in [4.69, 9.17) is 4.74 Å². The number of nitrogens with zero attached hydrogens (tertiary/aromatic N) is 5. The average Bonchev–Trinajstić information content (AvgIpc) is 3.23. The number of hydrogen-bond acceptors (Lipinski definition) is 6. The summed E-state index contributed by atoms with van der Waals surface area (Å²) in [6, 6.07) is 10.1. The van der Waals surface area contributed by atoms with Crippen LogP contribution >= 0.6 is 0 Å². The number of aromatic amines is 1. The first kappa shape index (κ1) is 17.9. The fourth-order valence-corrected chi connectivity index (χ4v) is 4.42. The summed E-state index contributed by atoms with van der Waals surface area (Å²) in [5.74, 6) is 0.597. The molecule has 0 radical (unpaired) electrons. The van der Waals surface area contributed by atoms with Crippen molar-refractivity contribution in [3.63, 3.8) is 0 Å². The number of hydrogen-bond donors (Lipinski definition) is 1. The van der Waals surface area contributed by atoms with Crippen molar-refractivity contribution in [3.05, 3.63) is 58.3 Å². The second-order valence-electron chi connectivity index (χ2n) is 7.82. The Morgan fingerprint density at radius 2 is 2.03 bits per heavy atom. The SMILES string of the molecule is Cn1ncc2c(=O)[nH]c(CN3CCN4C(=O)OCC4(Cc4ccccc4)C3)nc21. The van der Waals surface area contributed by atoms with Gasteiger partial charge in [-0.25, -0.2) is 9.78 Å². The minimum Gasteiger partial charge on any atom is -0.447 e. The molecule has 3 aromatic rings. The van der Waals surface area contributed by atoms with Crippen molar-refractivity contribution in [2.24, 2.45) is 7.05 Å². The van der Waals surface area contributed by atoms with Crippen LogP contribution in [-0.2, 0) is 24.8 Å². The molecule has 2 fully saturated rings. The number of nitrogens with one attached hydrogen (secondary N) is 1. The summed E-state index contributed by atoms with van der Waals surface area (Å²) in [6.07, 6.45) is 2.00. The van der Waals surface area contributed by atoms with Crippen LogP contribution in [0.5, 0.6) is 0 Å². The molecule has 2 aromatic heterocycles. The maximum absolute atomic E-state index is 12.3. The predicted molar refractivity (Wildman–Crippen MR) is 105 cm³/mol. The van der Waals surface area contributed by atoms with E-state index in [0.717, 1.165) is 6.42 Å². The van der Waals surface area contributed by atoms with Gasteiger partial charge in [-0.15, -0.1) is 0 Å². The fraction of sp³-hybridized carbons (Fsp3) is 0.400. The highest BCUT2D eigenvalue weighted by Crippen LogP contribution is 2.32. The Kier molecular flexibility index (Phi) is 4.13. The van der Waals surface area contributed by atoms with Crippen LogP contribution in [0, 0.1) is 0 Å². The Balaban J connectivity index is 1.42. The maximum atomic E-state index is 12.3. The monoisotopic (exact) mass is 394 g/mol. The summed E-state index contributed by atoms with van der Waals surface area (Å²) >= 11 is 0. The maximum Gasteiger partial charge on any atom is 0.410 e. The molecule has 2 aliphatic heterocycles. The first-order chi connectivity index (χ1) is 14.0. The predicted octanol–water partition coefficient (Wildman–Crippen LogP) is 0.906. The number of ether oxygens (including phenoxy) is 1. The molecule has 9 nitrogen and oxygen atoms in total. The van der Waals surface area contributed by atoms with Gasteiger partial charge in [-0.1, -0.05) is 30.3 Å². The van der Waals surface area contributed by atoms with Gasteiger partial charge in [0.05, 0.1) is 18.3 Å². The summed E-state index contributed by atoms with van der Waals surface area (Å²) < 4.78 is 7.03. The smallest absolute Gasteiger partial charge is 0.410 e. The molecule has 5 rings (SSSR count). The largest absolute Gasteiger partial charge is 0.447 e. The lowest BCUT2D eigenvalue weighted by atomic mass is 9.88. The van der Waals surface area contributed by atoms with Crippen LogP contribution in [0.15, 0.2) is 41.3 Å². The summed E-state index contributed by atoms with van der Waals surface area (Å²) in [7, 11) is 1.77. The Hall–Kier alpha value is -3.20. The number of aromatic nitrogens is 4. The highest BCUT2D eigenvalue weighted by atomic mass is 16.6. The highest BCUT2D eigenvalue weighted by Gasteiger charge is 2.50. The number of rotatable bonds is 4. The number of piperazine rings is 1. The molecule has 0 bridgehead atoms. The minimum absolute atomic E-state index is 0.185. The van der Waals surface area contributed by atoms with Crippen LogP contribution in [0.1, 0.15) is 11.4 Å². The topological polar surface area (TPSA) is 96.4 Å². The van der Waals surface area contributed by atoms with Crippen molar-refractivity contribution < 1.29 is 9.53 Å². The molecule has 29 heavy (non-hydrogen) atoms. The van der Waals surface area contributed by atoms with E-state index in [1.54, 1.807) is 11.7 Å². The molecule has 1 aromatic carbocycles. The van der Waals surface area contributed by atoms with Gasteiger partial charge in [0, 0.05) is 33.1 Å². The number of aryl methyl sites for hydroxylation is 1. The lowest BCUT2D eigenvalue weighted by Gasteiger charge is -2.44.